The Morgan fingerprint density at radius 1 is 1.40 bits per heavy atom. The maximum atomic E-state index is 5.40. The normalized spacial score (nSPS) is 12.2. The molecule has 0 saturated heterocycles. The Balaban J connectivity index is 2.02. The molecule has 4 N–H and O–H groups in total. The van der Waals surface area contributed by atoms with Gasteiger partial charge in [-0.2, -0.15) is 0 Å². The van der Waals surface area contributed by atoms with Crippen LogP contribution in [0.3, 0.4) is 0 Å². The van der Waals surface area contributed by atoms with Crippen molar-refractivity contribution in [3.8, 4) is 0 Å². The van der Waals surface area contributed by atoms with E-state index in [9.17, 15) is 0 Å². The fourth-order valence-corrected chi connectivity index (χ4v) is 2.38. The van der Waals surface area contributed by atoms with Gasteiger partial charge in [-0.1, -0.05) is 6.92 Å². The summed E-state index contributed by atoms with van der Waals surface area (Å²) in [6.07, 6.45) is 1.81. The zero-order valence-electron chi connectivity index (χ0n) is 11.5. The summed E-state index contributed by atoms with van der Waals surface area (Å²) in [6, 6.07) is 1.76. The summed E-state index contributed by atoms with van der Waals surface area (Å²) < 4.78 is 5.04. The smallest absolute Gasteiger partial charge is 0.158 e. The number of thiazole rings is 1. The Hall–Kier alpha value is -1.77. The number of nitrogens with two attached hydrogens (primary N) is 1. The van der Waals surface area contributed by atoms with Crippen LogP contribution in [0.1, 0.15) is 23.7 Å². The van der Waals surface area contributed by atoms with Crippen LogP contribution in [0.5, 0.6) is 0 Å². The third-order valence-corrected chi connectivity index (χ3v) is 3.66. The van der Waals surface area contributed by atoms with Crippen LogP contribution in [-0.2, 0) is 11.3 Å². The van der Waals surface area contributed by atoms with Crippen LogP contribution in [-0.4, -0.2) is 28.6 Å². The molecule has 0 amide bonds. The first-order chi connectivity index (χ1) is 9.72. The molecule has 0 spiro atoms. The third kappa shape index (κ3) is 3.86. The lowest BCUT2D eigenvalue weighted by Gasteiger charge is -2.12. The molecule has 7 nitrogen and oxygen atoms in total. The van der Waals surface area contributed by atoms with Crippen LogP contribution in [0.2, 0.25) is 0 Å². The minimum absolute atomic E-state index is 0.310. The average molecular weight is 294 g/mol. The molecule has 108 valence electrons. The average Bonchev–Trinajstić information content (AvgIpc) is 2.99. The molecule has 2 rings (SSSR count). The molecule has 8 heteroatoms. The zero-order chi connectivity index (χ0) is 14.4. The Labute approximate surface area is 121 Å². The van der Waals surface area contributed by atoms with E-state index in [1.54, 1.807) is 24.5 Å². The van der Waals surface area contributed by atoms with Gasteiger partial charge in [0.05, 0.1) is 5.01 Å². The van der Waals surface area contributed by atoms with Crippen LogP contribution in [0.25, 0.3) is 0 Å². The Kier molecular flexibility index (Phi) is 5.22. The van der Waals surface area contributed by atoms with Gasteiger partial charge in [0.15, 0.2) is 5.82 Å². The van der Waals surface area contributed by atoms with E-state index < -0.39 is 0 Å². The molecular weight excluding hydrogens is 276 g/mol. The van der Waals surface area contributed by atoms with E-state index >= 15 is 0 Å². The second-order valence-corrected chi connectivity index (χ2v) is 5.21. The largest absolute Gasteiger partial charge is 0.377 e. The number of hydrogen-bond donors (Lipinski definition) is 3. The molecule has 20 heavy (non-hydrogen) atoms. The molecule has 0 saturated carbocycles. The van der Waals surface area contributed by atoms with Crippen LogP contribution < -0.4 is 16.6 Å². The molecule has 1 atom stereocenters. The van der Waals surface area contributed by atoms with Crippen molar-refractivity contribution in [2.75, 3.05) is 24.4 Å². The maximum Gasteiger partial charge on any atom is 0.158 e. The quantitative estimate of drug-likeness (QED) is 0.527. The Bertz CT molecular complexity index is 533. The van der Waals surface area contributed by atoms with Crippen molar-refractivity contribution in [3.05, 3.63) is 28.5 Å². The Morgan fingerprint density at radius 2 is 2.20 bits per heavy atom. The van der Waals surface area contributed by atoms with Crippen molar-refractivity contribution < 1.29 is 4.74 Å². The summed E-state index contributed by atoms with van der Waals surface area (Å²) in [6.45, 7) is 3.19. The van der Waals surface area contributed by atoms with Gasteiger partial charge in [0.25, 0.3) is 0 Å². The van der Waals surface area contributed by atoms with Crippen molar-refractivity contribution in [1.82, 2.24) is 15.0 Å². The lowest BCUT2D eigenvalue weighted by molar-refractivity contribution is 0.178. The summed E-state index contributed by atoms with van der Waals surface area (Å²) in [5, 5.41) is 6.34. The van der Waals surface area contributed by atoms with Crippen molar-refractivity contribution in [3.63, 3.8) is 0 Å². The van der Waals surface area contributed by atoms with Crippen LogP contribution in [0.4, 0.5) is 11.6 Å². The van der Waals surface area contributed by atoms with Gasteiger partial charge >= 0.3 is 0 Å². The molecule has 0 radical (unpaired) electrons. The number of aromatic nitrogens is 3. The third-order valence-electron chi connectivity index (χ3n) is 2.66. The number of hydrogen-bond acceptors (Lipinski definition) is 8. The standard InChI is InChI=1S/C12H18N6OS/c1-8(12-14-3-4-20-12)6-15-9-5-10(18-13)17-11(16-9)7-19-2/h3-5,8H,6-7,13H2,1-2H3,(H2,15,16,17,18). The first-order valence-corrected chi connectivity index (χ1v) is 7.07. The fraction of sp³-hybridized carbons (Fsp3) is 0.417. The van der Waals surface area contributed by atoms with E-state index in [-0.39, 0.29) is 0 Å². The van der Waals surface area contributed by atoms with Gasteiger partial charge in [0.2, 0.25) is 0 Å². The molecule has 1 unspecified atom stereocenters. The first-order valence-electron chi connectivity index (χ1n) is 6.19. The van der Waals surface area contributed by atoms with Gasteiger partial charge in [-0.05, 0) is 0 Å². The number of nitrogens with zero attached hydrogens (tertiary/aromatic N) is 3. The topological polar surface area (TPSA) is 98.0 Å². The SMILES string of the molecule is COCc1nc(NN)cc(NCC(C)c2nccs2)n1. The van der Waals surface area contributed by atoms with Crippen molar-refractivity contribution in [2.45, 2.75) is 19.4 Å². The summed E-state index contributed by atoms with van der Waals surface area (Å²) in [5.74, 6) is 7.55. The number of ether oxygens (including phenoxy) is 1. The minimum Gasteiger partial charge on any atom is -0.377 e. The van der Waals surface area contributed by atoms with Gasteiger partial charge in [-0.25, -0.2) is 20.8 Å². The summed E-state index contributed by atoms with van der Waals surface area (Å²) in [7, 11) is 1.60. The summed E-state index contributed by atoms with van der Waals surface area (Å²) in [5.41, 5.74) is 2.52. The lowest BCUT2D eigenvalue weighted by Crippen LogP contribution is -2.15. The van der Waals surface area contributed by atoms with Crippen LogP contribution >= 0.6 is 11.3 Å². The monoisotopic (exact) mass is 294 g/mol. The van der Waals surface area contributed by atoms with E-state index in [1.165, 1.54) is 0 Å². The molecule has 2 heterocycles. The predicted octanol–water partition coefficient (Wildman–Crippen LogP) is 1.58. The van der Waals surface area contributed by atoms with E-state index in [0.717, 1.165) is 11.6 Å². The molecule has 0 aromatic carbocycles. The van der Waals surface area contributed by atoms with Gasteiger partial charge in [-0.3, -0.25) is 0 Å². The number of rotatable bonds is 7. The van der Waals surface area contributed by atoms with Crippen molar-refractivity contribution >= 4 is 23.0 Å². The Morgan fingerprint density at radius 3 is 2.85 bits per heavy atom. The molecule has 0 aliphatic heterocycles. The van der Waals surface area contributed by atoms with Gasteiger partial charge in [-0.15, -0.1) is 11.3 Å². The second-order valence-electron chi connectivity index (χ2n) is 4.28. The second kappa shape index (κ2) is 7.13. The van der Waals surface area contributed by atoms with Crippen LogP contribution in [0, 0.1) is 0 Å². The van der Waals surface area contributed by atoms with Gasteiger partial charge in [0.1, 0.15) is 18.2 Å². The number of anilines is 2. The first kappa shape index (κ1) is 14.6. The fourth-order valence-electron chi connectivity index (χ4n) is 1.68. The molecular formula is C12H18N6OS. The van der Waals surface area contributed by atoms with Crippen molar-refractivity contribution in [1.29, 1.82) is 0 Å². The number of methoxy groups -OCH3 is 1. The van der Waals surface area contributed by atoms with E-state index in [1.807, 2.05) is 11.6 Å². The zero-order valence-corrected chi connectivity index (χ0v) is 12.3. The number of nitrogens with one attached hydrogen (secondary N) is 2. The molecule has 2 aromatic heterocycles. The maximum absolute atomic E-state index is 5.40. The highest BCUT2D eigenvalue weighted by atomic mass is 32.1. The van der Waals surface area contributed by atoms with E-state index in [0.29, 0.717) is 30.0 Å². The van der Waals surface area contributed by atoms with Crippen molar-refractivity contribution in [2.24, 2.45) is 5.84 Å². The van der Waals surface area contributed by atoms with E-state index in [2.05, 4.69) is 32.6 Å². The molecule has 0 fully saturated rings. The summed E-state index contributed by atoms with van der Waals surface area (Å²) in [4.78, 5) is 12.9. The molecule has 2 aromatic rings. The molecule has 0 aliphatic rings. The molecule has 0 aliphatic carbocycles. The van der Waals surface area contributed by atoms with E-state index in [4.69, 9.17) is 10.6 Å². The predicted molar refractivity (Wildman–Crippen MR) is 79.6 cm³/mol. The highest BCUT2D eigenvalue weighted by Gasteiger charge is 2.09. The minimum atomic E-state index is 0.310. The number of nitrogen functional groups attached to an aromatic ring is 1. The highest BCUT2D eigenvalue weighted by Crippen LogP contribution is 2.18. The van der Waals surface area contributed by atoms with Crippen LogP contribution in [0.15, 0.2) is 17.6 Å². The molecule has 0 bridgehead atoms. The summed E-state index contributed by atoms with van der Waals surface area (Å²) >= 11 is 1.65. The highest BCUT2D eigenvalue weighted by molar-refractivity contribution is 7.09. The number of hydrazine groups is 1. The van der Waals surface area contributed by atoms with Gasteiger partial charge in [0, 0.05) is 37.2 Å². The van der Waals surface area contributed by atoms with Gasteiger partial charge < -0.3 is 15.5 Å². The lowest BCUT2D eigenvalue weighted by atomic mass is 10.2.